The predicted molar refractivity (Wildman–Crippen MR) is 74.4 cm³/mol. The molecule has 1 N–H and O–H groups in total. The van der Waals surface area contributed by atoms with Gasteiger partial charge >= 0.3 is 0 Å². The largest absolute Gasteiger partial charge is 0.383 e. The van der Waals surface area contributed by atoms with Crippen molar-refractivity contribution < 1.29 is 13.5 Å². The summed E-state index contributed by atoms with van der Waals surface area (Å²) in [6, 6.07) is 6.50. The summed E-state index contributed by atoms with van der Waals surface area (Å²) in [4.78, 5) is 0. The van der Waals surface area contributed by atoms with Crippen LogP contribution in [0.3, 0.4) is 0 Å². The lowest BCUT2D eigenvalue weighted by Gasteiger charge is -2.08. The molecular weight excluding hydrogens is 248 g/mol. The summed E-state index contributed by atoms with van der Waals surface area (Å²) in [6.45, 7) is 4.25. The van der Waals surface area contributed by atoms with Crippen molar-refractivity contribution in [1.82, 2.24) is 5.32 Å². The Labute approximate surface area is 113 Å². The van der Waals surface area contributed by atoms with Crippen LogP contribution < -0.4 is 5.32 Å². The molecule has 0 unspecified atom stereocenters. The standard InChI is InChI=1S/C15H21F2NO/c1-3-12(11-18-7-8-19-2)9-13-5-4-6-14(10-13)15(16)17/h4-6,9-10,15,18H,3,7-8,11H2,1-2H3/b12-9-. The summed E-state index contributed by atoms with van der Waals surface area (Å²) in [5.41, 5.74) is 2.07. The van der Waals surface area contributed by atoms with Crippen LogP contribution in [0.1, 0.15) is 30.9 Å². The lowest BCUT2D eigenvalue weighted by Crippen LogP contribution is -2.21. The molecule has 0 atom stereocenters. The highest BCUT2D eigenvalue weighted by atomic mass is 19.3. The van der Waals surface area contributed by atoms with Crippen molar-refractivity contribution in [3.05, 3.63) is 41.0 Å². The molecule has 0 spiro atoms. The number of halogens is 2. The van der Waals surface area contributed by atoms with Gasteiger partial charge in [-0.25, -0.2) is 8.78 Å². The van der Waals surface area contributed by atoms with E-state index in [4.69, 9.17) is 4.74 Å². The number of benzene rings is 1. The molecule has 0 radical (unpaired) electrons. The van der Waals surface area contributed by atoms with Gasteiger partial charge in [-0.3, -0.25) is 0 Å². The maximum Gasteiger partial charge on any atom is 0.263 e. The average Bonchev–Trinajstić information content (AvgIpc) is 2.42. The minimum absolute atomic E-state index is 0.0662. The van der Waals surface area contributed by atoms with Gasteiger partial charge in [0.15, 0.2) is 0 Å². The highest BCUT2D eigenvalue weighted by Gasteiger charge is 2.06. The second-order valence-corrected chi connectivity index (χ2v) is 4.30. The maximum absolute atomic E-state index is 12.6. The molecule has 19 heavy (non-hydrogen) atoms. The molecule has 0 amide bonds. The van der Waals surface area contributed by atoms with Gasteiger partial charge in [0.2, 0.25) is 0 Å². The van der Waals surface area contributed by atoms with Crippen molar-refractivity contribution in [3.8, 4) is 0 Å². The lowest BCUT2D eigenvalue weighted by atomic mass is 10.1. The molecule has 1 aromatic carbocycles. The highest BCUT2D eigenvalue weighted by molar-refractivity contribution is 5.54. The molecule has 0 fully saturated rings. The first-order valence-corrected chi connectivity index (χ1v) is 6.44. The van der Waals surface area contributed by atoms with Crippen LogP contribution in [-0.4, -0.2) is 26.8 Å². The number of alkyl halides is 2. The molecule has 1 aromatic rings. The second-order valence-electron chi connectivity index (χ2n) is 4.30. The molecule has 0 heterocycles. The zero-order valence-electron chi connectivity index (χ0n) is 11.5. The first kappa shape index (κ1) is 15.8. The van der Waals surface area contributed by atoms with Crippen molar-refractivity contribution in [2.75, 3.05) is 26.8 Å². The lowest BCUT2D eigenvalue weighted by molar-refractivity contribution is 0.151. The van der Waals surface area contributed by atoms with Crippen molar-refractivity contribution >= 4 is 6.08 Å². The van der Waals surface area contributed by atoms with E-state index in [2.05, 4.69) is 12.2 Å². The first-order chi connectivity index (χ1) is 9.17. The van der Waals surface area contributed by atoms with Crippen LogP contribution in [-0.2, 0) is 4.74 Å². The van der Waals surface area contributed by atoms with E-state index in [-0.39, 0.29) is 5.56 Å². The number of hydrogen-bond donors (Lipinski definition) is 1. The van der Waals surface area contributed by atoms with Crippen molar-refractivity contribution in [3.63, 3.8) is 0 Å². The maximum atomic E-state index is 12.6. The summed E-state index contributed by atoms with van der Waals surface area (Å²) >= 11 is 0. The van der Waals surface area contributed by atoms with E-state index in [0.717, 1.165) is 25.1 Å². The van der Waals surface area contributed by atoms with E-state index in [9.17, 15) is 8.78 Å². The van der Waals surface area contributed by atoms with Gasteiger partial charge in [-0.2, -0.15) is 0 Å². The van der Waals surface area contributed by atoms with Gasteiger partial charge in [-0.1, -0.05) is 36.8 Å². The fourth-order valence-electron chi connectivity index (χ4n) is 1.72. The van der Waals surface area contributed by atoms with E-state index in [1.54, 1.807) is 13.2 Å². The second kappa shape index (κ2) is 8.77. The van der Waals surface area contributed by atoms with Gasteiger partial charge in [0.25, 0.3) is 6.43 Å². The topological polar surface area (TPSA) is 21.3 Å². The van der Waals surface area contributed by atoms with E-state index < -0.39 is 6.43 Å². The van der Waals surface area contributed by atoms with Gasteiger partial charge in [-0.05, 0) is 18.1 Å². The molecule has 0 aliphatic heterocycles. The number of rotatable bonds is 8. The third-order valence-corrected chi connectivity index (χ3v) is 2.82. The summed E-state index contributed by atoms with van der Waals surface area (Å²) in [7, 11) is 1.66. The molecule has 0 saturated heterocycles. The fourth-order valence-corrected chi connectivity index (χ4v) is 1.72. The quantitative estimate of drug-likeness (QED) is 0.727. The fraction of sp³-hybridized carbons (Fsp3) is 0.467. The van der Waals surface area contributed by atoms with Crippen molar-refractivity contribution in [1.29, 1.82) is 0 Å². The first-order valence-electron chi connectivity index (χ1n) is 6.44. The number of ether oxygens (including phenoxy) is 1. The highest BCUT2D eigenvalue weighted by Crippen LogP contribution is 2.20. The molecule has 1 rings (SSSR count). The van der Waals surface area contributed by atoms with Crippen LogP contribution in [0.15, 0.2) is 29.8 Å². The van der Waals surface area contributed by atoms with Gasteiger partial charge in [0, 0.05) is 25.8 Å². The Morgan fingerprint density at radius 2 is 2.21 bits per heavy atom. The Hall–Kier alpha value is -1.26. The molecule has 0 aliphatic carbocycles. The normalized spacial score (nSPS) is 12.2. The van der Waals surface area contributed by atoms with Crippen molar-refractivity contribution in [2.24, 2.45) is 0 Å². The van der Waals surface area contributed by atoms with Crippen LogP contribution in [0, 0.1) is 0 Å². The summed E-state index contributed by atoms with van der Waals surface area (Å²) < 4.78 is 30.2. The number of methoxy groups -OCH3 is 1. The smallest absolute Gasteiger partial charge is 0.263 e. The summed E-state index contributed by atoms with van der Waals surface area (Å²) in [5, 5.41) is 3.25. The van der Waals surface area contributed by atoms with Gasteiger partial charge < -0.3 is 10.1 Å². The minimum atomic E-state index is -2.42. The van der Waals surface area contributed by atoms with E-state index in [1.807, 2.05) is 12.1 Å². The van der Waals surface area contributed by atoms with Gasteiger partial charge in [0.05, 0.1) is 6.61 Å². The monoisotopic (exact) mass is 269 g/mol. The minimum Gasteiger partial charge on any atom is -0.383 e. The Morgan fingerprint density at radius 3 is 2.84 bits per heavy atom. The summed E-state index contributed by atoms with van der Waals surface area (Å²) in [6.07, 6.45) is 0.433. The Balaban J connectivity index is 2.66. The number of nitrogens with one attached hydrogen (secondary N) is 1. The van der Waals surface area contributed by atoms with Crippen LogP contribution in [0.2, 0.25) is 0 Å². The Bertz CT molecular complexity index is 405. The SMILES string of the molecule is CC/C(=C/c1cccc(C(F)F)c1)CNCCOC. The van der Waals surface area contributed by atoms with Gasteiger partial charge in [0.1, 0.15) is 0 Å². The third-order valence-electron chi connectivity index (χ3n) is 2.82. The third kappa shape index (κ3) is 5.94. The van der Waals surface area contributed by atoms with Crippen LogP contribution in [0.25, 0.3) is 6.08 Å². The van der Waals surface area contributed by atoms with E-state index in [1.165, 1.54) is 17.7 Å². The zero-order chi connectivity index (χ0) is 14.1. The van der Waals surface area contributed by atoms with Crippen molar-refractivity contribution in [2.45, 2.75) is 19.8 Å². The Morgan fingerprint density at radius 1 is 1.42 bits per heavy atom. The Kier molecular flexibility index (Phi) is 7.30. The molecule has 2 nitrogen and oxygen atoms in total. The molecule has 0 aliphatic rings. The molecule has 0 saturated carbocycles. The molecular formula is C15H21F2NO. The number of hydrogen-bond acceptors (Lipinski definition) is 2. The molecule has 0 aromatic heterocycles. The van der Waals surface area contributed by atoms with Crippen LogP contribution in [0.4, 0.5) is 8.78 Å². The van der Waals surface area contributed by atoms with E-state index in [0.29, 0.717) is 6.61 Å². The summed E-state index contributed by atoms with van der Waals surface area (Å²) in [5.74, 6) is 0. The molecule has 0 bridgehead atoms. The van der Waals surface area contributed by atoms with E-state index >= 15 is 0 Å². The van der Waals surface area contributed by atoms with Crippen LogP contribution in [0.5, 0.6) is 0 Å². The average molecular weight is 269 g/mol. The molecule has 106 valence electrons. The molecule has 4 heteroatoms. The zero-order valence-corrected chi connectivity index (χ0v) is 11.5. The predicted octanol–water partition coefficient (Wildman–Crippen LogP) is 3.65. The van der Waals surface area contributed by atoms with Crippen LogP contribution >= 0.6 is 0 Å². The van der Waals surface area contributed by atoms with Gasteiger partial charge in [-0.15, -0.1) is 0 Å².